The fraction of sp³-hybridized carbons (Fsp3) is 0.500. The average molecular weight is 348 g/mol. The van der Waals surface area contributed by atoms with Crippen LogP contribution in [0.1, 0.15) is 23.2 Å². The van der Waals surface area contributed by atoms with Crippen molar-refractivity contribution < 1.29 is 26.7 Å². The summed E-state index contributed by atoms with van der Waals surface area (Å²) in [5, 5.41) is 0. The Morgan fingerprint density at radius 2 is 2.04 bits per heavy atom. The molecule has 1 amide bonds. The molecule has 128 valence electrons. The highest BCUT2D eigenvalue weighted by Gasteiger charge is 2.46. The maximum absolute atomic E-state index is 14.4. The summed E-state index contributed by atoms with van der Waals surface area (Å²) in [6, 6.07) is 5.45. The minimum Gasteiger partial charge on any atom is -0.431 e. The standard InChI is InChI=1S/C14H18F2N2O4S/c1-23(20,21)18-8-4-5-10(9-18)14(15,16)22-12-7-3-2-6-11(12)13(17)19/h2-3,6-7,10H,4-5,8-9H2,1H3,(H2,17,19). The summed E-state index contributed by atoms with van der Waals surface area (Å²) >= 11 is 0. The van der Waals surface area contributed by atoms with Gasteiger partial charge in [0, 0.05) is 13.1 Å². The van der Waals surface area contributed by atoms with Crippen molar-refractivity contribution in [2.75, 3.05) is 19.3 Å². The number of piperidine rings is 1. The Morgan fingerprint density at radius 1 is 1.39 bits per heavy atom. The van der Waals surface area contributed by atoms with Crippen molar-refractivity contribution in [1.82, 2.24) is 4.31 Å². The molecule has 1 unspecified atom stereocenters. The number of primary amides is 1. The van der Waals surface area contributed by atoms with Gasteiger partial charge in [-0.15, -0.1) is 0 Å². The van der Waals surface area contributed by atoms with Gasteiger partial charge in [-0.25, -0.2) is 12.7 Å². The second-order valence-corrected chi connectivity index (χ2v) is 7.47. The molecule has 1 atom stereocenters. The number of hydrogen-bond acceptors (Lipinski definition) is 4. The molecule has 1 aromatic rings. The van der Waals surface area contributed by atoms with Crippen LogP contribution in [0.25, 0.3) is 0 Å². The Morgan fingerprint density at radius 3 is 2.65 bits per heavy atom. The smallest absolute Gasteiger partial charge is 0.402 e. The molecular formula is C14H18F2N2O4S. The van der Waals surface area contributed by atoms with Gasteiger partial charge in [-0.05, 0) is 25.0 Å². The topological polar surface area (TPSA) is 89.7 Å². The second-order valence-electron chi connectivity index (χ2n) is 5.48. The number of ether oxygens (including phenoxy) is 1. The van der Waals surface area contributed by atoms with Crippen molar-refractivity contribution >= 4 is 15.9 Å². The molecule has 2 N–H and O–H groups in total. The van der Waals surface area contributed by atoms with Crippen LogP contribution >= 0.6 is 0 Å². The number of carbonyl (C=O) groups excluding carboxylic acids is 1. The number of alkyl halides is 2. The van der Waals surface area contributed by atoms with Gasteiger partial charge < -0.3 is 10.5 Å². The van der Waals surface area contributed by atoms with E-state index in [1.807, 2.05) is 0 Å². The molecule has 0 saturated carbocycles. The Kier molecular flexibility index (Phi) is 4.90. The first-order chi connectivity index (χ1) is 10.6. The van der Waals surface area contributed by atoms with Crippen molar-refractivity contribution in [2.24, 2.45) is 11.7 Å². The van der Waals surface area contributed by atoms with Crippen LogP contribution in [0.4, 0.5) is 8.78 Å². The van der Waals surface area contributed by atoms with Crippen LogP contribution in [0.5, 0.6) is 5.75 Å². The Balaban J connectivity index is 2.20. The molecule has 0 radical (unpaired) electrons. The Bertz CT molecular complexity index is 694. The lowest BCUT2D eigenvalue weighted by Gasteiger charge is -2.35. The number of para-hydroxylation sites is 1. The number of nitrogens with zero attached hydrogens (tertiary/aromatic N) is 1. The summed E-state index contributed by atoms with van der Waals surface area (Å²) < 4.78 is 57.6. The van der Waals surface area contributed by atoms with E-state index in [1.165, 1.54) is 24.3 Å². The van der Waals surface area contributed by atoms with Gasteiger partial charge in [0.1, 0.15) is 5.75 Å². The monoisotopic (exact) mass is 348 g/mol. The van der Waals surface area contributed by atoms with Crippen molar-refractivity contribution in [3.8, 4) is 5.75 Å². The average Bonchev–Trinajstić information content (AvgIpc) is 2.46. The lowest BCUT2D eigenvalue weighted by atomic mass is 9.98. The van der Waals surface area contributed by atoms with Gasteiger partial charge in [0.15, 0.2) is 0 Å². The zero-order chi connectivity index (χ0) is 17.3. The van der Waals surface area contributed by atoms with Crippen LogP contribution in [0.15, 0.2) is 24.3 Å². The van der Waals surface area contributed by atoms with E-state index in [4.69, 9.17) is 10.5 Å². The fourth-order valence-corrected chi connectivity index (χ4v) is 3.42. The molecule has 6 nitrogen and oxygen atoms in total. The van der Waals surface area contributed by atoms with E-state index in [0.717, 1.165) is 10.6 Å². The molecule has 1 saturated heterocycles. The molecule has 0 aromatic heterocycles. The van der Waals surface area contributed by atoms with Crippen molar-refractivity contribution in [3.63, 3.8) is 0 Å². The molecule has 2 rings (SSSR count). The van der Waals surface area contributed by atoms with Gasteiger partial charge in [0.25, 0.3) is 5.91 Å². The maximum atomic E-state index is 14.4. The summed E-state index contributed by atoms with van der Waals surface area (Å²) in [5.74, 6) is -2.49. The largest absolute Gasteiger partial charge is 0.431 e. The third-order valence-corrected chi connectivity index (χ3v) is 5.00. The van der Waals surface area contributed by atoms with E-state index in [0.29, 0.717) is 6.42 Å². The highest BCUT2D eigenvalue weighted by atomic mass is 32.2. The molecule has 0 aliphatic carbocycles. The molecular weight excluding hydrogens is 330 g/mol. The van der Waals surface area contributed by atoms with Gasteiger partial charge in [-0.3, -0.25) is 4.79 Å². The zero-order valence-electron chi connectivity index (χ0n) is 12.5. The van der Waals surface area contributed by atoms with Crippen LogP contribution < -0.4 is 10.5 Å². The van der Waals surface area contributed by atoms with Crippen molar-refractivity contribution in [1.29, 1.82) is 0 Å². The van der Waals surface area contributed by atoms with Crippen molar-refractivity contribution in [2.45, 2.75) is 19.0 Å². The van der Waals surface area contributed by atoms with Crippen molar-refractivity contribution in [3.05, 3.63) is 29.8 Å². The van der Waals surface area contributed by atoms with Crippen LogP contribution in [-0.2, 0) is 10.0 Å². The van der Waals surface area contributed by atoms with E-state index in [-0.39, 0.29) is 30.8 Å². The molecule has 9 heteroatoms. The lowest BCUT2D eigenvalue weighted by Crippen LogP contribution is -2.47. The number of amides is 1. The lowest BCUT2D eigenvalue weighted by molar-refractivity contribution is -0.222. The Labute approximate surface area is 133 Å². The van der Waals surface area contributed by atoms with Gasteiger partial charge in [-0.2, -0.15) is 8.78 Å². The SMILES string of the molecule is CS(=O)(=O)N1CCCC(C(F)(F)Oc2ccccc2C(N)=O)C1. The first-order valence-electron chi connectivity index (χ1n) is 7.02. The van der Waals surface area contributed by atoms with E-state index >= 15 is 0 Å². The number of halogens is 2. The Hall–Kier alpha value is -1.74. The molecule has 23 heavy (non-hydrogen) atoms. The predicted octanol–water partition coefficient (Wildman–Crippen LogP) is 1.43. The second kappa shape index (κ2) is 6.40. The number of carbonyl (C=O) groups is 1. The summed E-state index contributed by atoms with van der Waals surface area (Å²) in [6.07, 6.45) is -2.20. The number of hydrogen-bond donors (Lipinski definition) is 1. The van der Waals surface area contributed by atoms with Gasteiger partial charge >= 0.3 is 6.11 Å². The minimum atomic E-state index is -3.62. The number of benzene rings is 1. The molecule has 1 heterocycles. The highest BCUT2D eigenvalue weighted by molar-refractivity contribution is 7.88. The molecule has 1 aliphatic rings. The van der Waals surface area contributed by atoms with Gasteiger partial charge in [0.05, 0.1) is 17.7 Å². The maximum Gasteiger partial charge on any atom is 0.402 e. The number of nitrogens with two attached hydrogens (primary N) is 1. The number of rotatable bonds is 5. The third kappa shape index (κ3) is 4.17. The molecule has 1 aromatic carbocycles. The van der Waals surface area contributed by atoms with Gasteiger partial charge in [-0.1, -0.05) is 12.1 Å². The van der Waals surface area contributed by atoms with E-state index < -0.39 is 28.0 Å². The molecule has 0 spiro atoms. The summed E-state index contributed by atoms with van der Waals surface area (Å²) in [5.41, 5.74) is 4.99. The normalized spacial score (nSPS) is 20.2. The van der Waals surface area contributed by atoms with Crippen LogP contribution in [0.2, 0.25) is 0 Å². The van der Waals surface area contributed by atoms with Gasteiger partial charge in [0.2, 0.25) is 10.0 Å². The van der Waals surface area contributed by atoms with Crippen LogP contribution in [-0.4, -0.2) is 44.1 Å². The quantitative estimate of drug-likeness (QED) is 0.872. The molecule has 0 bridgehead atoms. The van der Waals surface area contributed by atoms with E-state index in [2.05, 4.69) is 0 Å². The van der Waals surface area contributed by atoms with E-state index in [1.54, 1.807) is 0 Å². The van der Waals surface area contributed by atoms with E-state index in [9.17, 15) is 22.0 Å². The van der Waals surface area contributed by atoms with Crippen LogP contribution in [0, 0.1) is 5.92 Å². The fourth-order valence-electron chi connectivity index (χ4n) is 2.51. The minimum absolute atomic E-state index is 0.123. The summed E-state index contributed by atoms with van der Waals surface area (Å²) in [6.45, 7) is -0.117. The summed E-state index contributed by atoms with van der Waals surface area (Å²) in [4.78, 5) is 11.3. The number of sulfonamides is 1. The van der Waals surface area contributed by atoms with Crippen LogP contribution in [0.3, 0.4) is 0 Å². The summed E-state index contributed by atoms with van der Waals surface area (Å²) in [7, 11) is -3.54. The first-order valence-corrected chi connectivity index (χ1v) is 8.87. The first kappa shape index (κ1) is 17.6. The predicted molar refractivity (Wildman–Crippen MR) is 79.7 cm³/mol. The molecule has 1 fully saturated rings. The third-order valence-electron chi connectivity index (χ3n) is 3.73. The zero-order valence-corrected chi connectivity index (χ0v) is 13.4. The molecule has 1 aliphatic heterocycles. The highest BCUT2D eigenvalue weighted by Crippen LogP contribution is 2.36.